The molecule has 154 valence electrons. The van der Waals surface area contributed by atoms with Crippen LogP contribution in [0.15, 0.2) is 101 Å². The first kappa shape index (κ1) is 18.1. The molecule has 0 saturated heterocycles. The molecule has 0 bridgehead atoms. The predicted octanol–water partition coefficient (Wildman–Crippen LogP) is 7.18. The molecular weight excluding hydrogens is 408 g/mol. The van der Waals surface area contributed by atoms with Gasteiger partial charge in [0.05, 0.1) is 0 Å². The first-order chi connectivity index (χ1) is 16.2. The van der Waals surface area contributed by atoms with Crippen LogP contribution in [0.1, 0.15) is 31.8 Å². The molecule has 0 spiro atoms. The Labute approximate surface area is 188 Å². The van der Waals surface area contributed by atoms with Crippen molar-refractivity contribution in [1.29, 1.82) is 0 Å². The lowest BCUT2D eigenvalue weighted by atomic mass is 9.82. The Hall–Kier alpha value is -4.50. The van der Waals surface area contributed by atoms with Gasteiger partial charge in [0.15, 0.2) is 11.6 Å². The summed E-state index contributed by atoms with van der Waals surface area (Å²) in [5, 5.41) is 4.15. The number of ketones is 2. The van der Waals surface area contributed by atoms with Gasteiger partial charge < -0.3 is 4.42 Å². The fourth-order valence-corrected chi connectivity index (χ4v) is 5.05. The fourth-order valence-electron chi connectivity index (χ4n) is 5.05. The van der Waals surface area contributed by atoms with Crippen molar-refractivity contribution in [3.8, 4) is 11.1 Å². The predicted molar refractivity (Wildman–Crippen MR) is 130 cm³/mol. The van der Waals surface area contributed by atoms with Crippen LogP contribution in [0.5, 0.6) is 0 Å². The molecule has 1 aliphatic carbocycles. The molecule has 1 aliphatic rings. The maximum absolute atomic E-state index is 13.3. The highest BCUT2D eigenvalue weighted by Gasteiger charge is 2.29. The molecule has 6 aromatic rings. The highest BCUT2D eigenvalue weighted by molar-refractivity contribution is 6.29. The van der Waals surface area contributed by atoms with Crippen molar-refractivity contribution in [3.05, 3.63) is 119 Å². The maximum Gasteiger partial charge on any atom is 0.194 e. The Balaban J connectivity index is 1.53. The molecule has 33 heavy (non-hydrogen) atoms. The van der Waals surface area contributed by atoms with Crippen molar-refractivity contribution in [2.45, 2.75) is 0 Å². The second-order valence-corrected chi connectivity index (χ2v) is 8.41. The summed E-state index contributed by atoms with van der Waals surface area (Å²) in [7, 11) is 0. The summed E-state index contributed by atoms with van der Waals surface area (Å²) in [6, 6.07) is 30.9. The van der Waals surface area contributed by atoms with Gasteiger partial charge >= 0.3 is 0 Å². The van der Waals surface area contributed by atoms with Crippen molar-refractivity contribution in [2.75, 3.05) is 0 Å². The SMILES string of the molecule is O=C1c2ccccc2C(=O)c2cc(-c3cc4c5ccccc5oc4c4ccccc34)ccc21. The summed E-state index contributed by atoms with van der Waals surface area (Å²) in [5.74, 6) is -0.214. The number of hydrogen-bond donors (Lipinski definition) is 0. The number of benzene rings is 5. The zero-order chi connectivity index (χ0) is 22.1. The molecule has 0 fully saturated rings. The summed E-state index contributed by atoms with van der Waals surface area (Å²) < 4.78 is 6.22. The van der Waals surface area contributed by atoms with Gasteiger partial charge in [-0.1, -0.05) is 72.8 Å². The van der Waals surface area contributed by atoms with E-state index in [-0.39, 0.29) is 11.6 Å². The minimum Gasteiger partial charge on any atom is -0.455 e. The van der Waals surface area contributed by atoms with Gasteiger partial charge in [-0.15, -0.1) is 0 Å². The summed E-state index contributed by atoms with van der Waals surface area (Å²) >= 11 is 0. The molecule has 0 aliphatic heterocycles. The molecule has 1 heterocycles. The molecule has 3 nitrogen and oxygen atoms in total. The van der Waals surface area contributed by atoms with Crippen LogP contribution in [0.4, 0.5) is 0 Å². The van der Waals surface area contributed by atoms with Crippen LogP contribution in [0, 0.1) is 0 Å². The second-order valence-electron chi connectivity index (χ2n) is 8.41. The third-order valence-corrected chi connectivity index (χ3v) is 6.62. The lowest BCUT2D eigenvalue weighted by Gasteiger charge is -2.18. The smallest absolute Gasteiger partial charge is 0.194 e. The summed E-state index contributed by atoms with van der Waals surface area (Å²) in [6.07, 6.45) is 0. The summed E-state index contributed by atoms with van der Waals surface area (Å²) in [5.41, 5.74) is 5.46. The van der Waals surface area contributed by atoms with Crippen LogP contribution < -0.4 is 0 Å². The van der Waals surface area contributed by atoms with E-state index in [1.165, 1.54) is 0 Å². The standard InChI is InChI=1S/C30H16O3/c31-28-20-9-2-3-10-21(20)29(32)25-15-17(13-14-22(25)28)24-16-26-19-8-5-6-12-27(19)33-30(26)23-11-4-1-7-18(23)24/h1-16H. The highest BCUT2D eigenvalue weighted by Crippen LogP contribution is 2.40. The molecule has 0 saturated carbocycles. The first-order valence-corrected chi connectivity index (χ1v) is 10.9. The molecule has 0 amide bonds. The van der Waals surface area contributed by atoms with Gasteiger partial charge in [0, 0.05) is 38.4 Å². The van der Waals surface area contributed by atoms with Crippen LogP contribution in [-0.2, 0) is 0 Å². The Morgan fingerprint density at radius 3 is 1.85 bits per heavy atom. The van der Waals surface area contributed by atoms with E-state index >= 15 is 0 Å². The van der Waals surface area contributed by atoms with Gasteiger partial charge in [0.1, 0.15) is 11.2 Å². The zero-order valence-corrected chi connectivity index (χ0v) is 17.5. The molecular formula is C30H16O3. The number of carbonyl (C=O) groups excluding carboxylic acids is 2. The minimum atomic E-state index is -0.110. The maximum atomic E-state index is 13.3. The Morgan fingerprint density at radius 1 is 0.455 bits per heavy atom. The van der Waals surface area contributed by atoms with E-state index < -0.39 is 0 Å². The topological polar surface area (TPSA) is 47.3 Å². The van der Waals surface area contributed by atoms with E-state index in [1.54, 1.807) is 30.3 Å². The number of furan rings is 1. The van der Waals surface area contributed by atoms with E-state index in [1.807, 2.05) is 42.5 Å². The van der Waals surface area contributed by atoms with E-state index in [9.17, 15) is 9.59 Å². The molecule has 0 radical (unpaired) electrons. The first-order valence-electron chi connectivity index (χ1n) is 10.9. The fraction of sp³-hybridized carbons (Fsp3) is 0. The van der Waals surface area contributed by atoms with Gasteiger partial charge in [-0.2, -0.15) is 0 Å². The summed E-state index contributed by atoms with van der Waals surface area (Å²) in [6.45, 7) is 0. The molecule has 5 aromatic carbocycles. The molecule has 0 N–H and O–H groups in total. The Morgan fingerprint density at radius 2 is 1.06 bits per heavy atom. The molecule has 7 rings (SSSR count). The van der Waals surface area contributed by atoms with Crippen LogP contribution in [0.2, 0.25) is 0 Å². The van der Waals surface area contributed by atoms with Gasteiger partial charge in [-0.3, -0.25) is 9.59 Å². The van der Waals surface area contributed by atoms with Crippen molar-refractivity contribution >= 4 is 44.3 Å². The average molecular weight is 424 g/mol. The summed E-state index contributed by atoms with van der Waals surface area (Å²) in [4.78, 5) is 26.3. The van der Waals surface area contributed by atoms with Crippen molar-refractivity contribution in [3.63, 3.8) is 0 Å². The number of rotatable bonds is 1. The van der Waals surface area contributed by atoms with Crippen LogP contribution in [-0.4, -0.2) is 11.6 Å². The van der Waals surface area contributed by atoms with E-state index in [4.69, 9.17) is 4.42 Å². The Bertz CT molecular complexity index is 1800. The van der Waals surface area contributed by atoms with E-state index in [0.29, 0.717) is 22.3 Å². The molecule has 3 heteroatoms. The molecule has 0 atom stereocenters. The van der Waals surface area contributed by atoms with Crippen LogP contribution in [0.3, 0.4) is 0 Å². The average Bonchev–Trinajstić information content (AvgIpc) is 3.25. The minimum absolute atomic E-state index is 0.104. The van der Waals surface area contributed by atoms with Gasteiger partial charge in [-0.25, -0.2) is 0 Å². The van der Waals surface area contributed by atoms with Crippen molar-refractivity contribution < 1.29 is 14.0 Å². The number of para-hydroxylation sites is 1. The van der Waals surface area contributed by atoms with Gasteiger partial charge in [0.2, 0.25) is 0 Å². The normalized spacial score (nSPS) is 13.0. The van der Waals surface area contributed by atoms with Crippen LogP contribution in [0.25, 0.3) is 43.8 Å². The molecule has 0 unspecified atom stereocenters. The van der Waals surface area contributed by atoms with Crippen molar-refractivity contribution in [2.24, 2.45) is 0 Å². The van der Waals surface area contributed by atoms with Crippen molar-refractivity contribution in [1.82, 2.24) is 0 Å². The molecule has 1 aromatic heterocycles. The van der Waals surface area contributed by atoms with E-state index in [2.05, 4.69) is 24.3 Å². The number of fused-ring (bicyclic) bond motifs is 7. The highest BCUT2D eigenvalue weighted by atomic mass is 16.3. The lowest BCUT2D eigenvalue weighted by Crippen LogP contribution is -2.20. The third kappa shape index (κ3) is 2.45. The Kier molecular flexibility index (Phi) is 3.57. The third-order valence-electron chi connectivity index (χ3n) is 6.62. The quantitative estimate of drug-likeness (QED) is 0.280. The number of hydrogen-bond acceptors (Lipinski definition) is 3. The number of carbonyl (C=O) groups is 2. The zero-order valence-electron chi connectivity index (χ0n) is 17.5. The van der Waals surface area contributed by atoms with Gasteiger partial charge in [0.25, 0.3) is 0 Å². The van der Waals surface area contributed by atoms with Crippen LogP contribution >= 0.6 is 0 Å². The van der Waals surface area contributed by atoms with Gasteiger partial charge in [-0.05, 0) is 40.8 Å². The van der Waals surface area contributed by atoms with E-state index in [0.717, 1.165) is 43.8 Å². The largest absolute Gasteiger partial charge is 0.455 e. The second kappa shape index (κ2) is 6.50. The lowest BCUT2D eigenvalue weighted by molar-refractivity contribution is 0.0979. The monoisotopic (exact) mass is 424 g/mol.